The van der Waals surface area contributed by atoms with Gasteiger partial charge in [-0.05, 0) is 55.0 Å². The Labute approximate surface area is 204 Å². The normalized spacial score (nSPS) is 11.9. The number of aromatic nitrogens is 2. The van der Waals surface area contributed by atoms with Gasteiger partial charge in [0.15, 0.2) is 0 Å². The van der Waals surface area contributed by atoms with E-state index in [9.17, 15) is 4.79 Å². The molecule has 0 aliphatic carbocycles. The molecule has 0 radical (unpaired) electrons. The molecular formula is C29H41N3O2. The van der Waals surface area contributed by atoms with Crippen molar-refractivity contribution in [2.24, 2.45) is 5.41 Å². The van der Waals surface area contributed by atoms with E-state index in [1.54, 1.807) is 0 Å². The molecule has 2 aromatic carbocycles. The number of para-hydroxylation sites is 2. The summed E-state index contributed by atoms with van der Waals surface area (Å²) in [5.41, 5.74) is 4.33. The Hall–Kier alpha value is -2.82. The van der Waals surface area contributed by atoms with Crippen LogP contribution in [0.1, 0.15) is 76.8 Å². The molecule has 1 aromatic heterocycles. The minimum Gasteiger partial charge on any atom is -0.491 e. The number of hydrogen-bond acceptors (Lipinski definition) is 3. The maximum atomic E-state index is 12.0. The number of nitrogens with zero attached hydrogens (tertiary/aromatic N) is 2. The van der Waals surface area contributed by atoms with Crippen molar-refractivity contribution in [3.05, 3.63) is 59.4 Å². The first kappa shape index (κ1) is 25.8. The van der Waals surface area contributed by atoms with E-state index in [-0.39, 0.29) is 11.3 Å². The lowest BCUT2D eigenvalue weighted by atomic mass is 9.96. The third-order valence-corrected chi connectivity index (χ3v) is 6.14. The van der Waals surface area contributed by atoms with E-state index < -0.39 is 0 Å². The van der Waals surface area contributed by atoms with E-state index in [0.29, 0.717) is 12.5 Å². The van der Waals surface area contributed by atoms with Crippen LogP contribution in [0, 0.1) is 12.3 Å². The fraction of sp³-hybridized carbons (Fsp3) is 0.517. The van der Waals surface area contributed by atoms with Gasteiger partial charge in [-0.2, -0.15) is 0 Å². The Morgan fingerprint density at radius 2 is 1.85 bits per heavy atom. The predicted molar refractivity (Wildman–Crippen MR) is 141 cm³/mol. The van der Waals surface area contributed by atoms with Gasteiger partial charge in [0, 0.05) is 18.4 Å². The molecule has 0 atom stereocenters. The zero-order valence-corrected chi connectivity index (χ0v) is 21.8. The molecule has 1 amide bonds. The molecule has 184 valence electrons. The van der Waals surface area contributed by atoms with Crippen molar-refractivity contribution in [1.82, 2.24) is 14.9 Å². The first-order chi connectivity index (χ1) is 16.2. The first-order valence-electron chi connectivity index (χ1n) is 12.6. The Balaban J connectivity index is 1.59. The molecule has 5 heteroatoms. The first-order valence-corrected chi connectivity index (χ1v) is 12.6. The third kappa shape index (κ3) is 6.85. The van der Waals surface area contributed by atoms with Crippen molar-refractivity contribution >= 4 is 16.9 Å². The van der Waals surface area contributed by atoms with Gasteiger partial charge in [-0.3, -0.25) is 4.79 Å². The average Bonchev–Trinajstić information content (AvgIpc) is 3.12. The molecule has 0 fully saturated rings. The predicted octanol–water partition coefficient (Wildman–Crippen LogP) is 6.42. The smallest absolute Gasteiger partial charge is 0.225 e. The van der Waals surface area contributed by atoms with E-state index in [0.717, 1.165) is 61.4 Å². The number of fused-ring (bicyclic) bond motifs is 1. The van der Waals surface area contributed by atoms with Crippen LogP contribution in [0.15, 0.2) is 42.5 Å². The van der Waals surface area contributed by atoms with Gasteiger partial charge in [0.2, 0.25) is 5.91 Å². The number of rotatable bonds is 11. The fourth-order valence-corrected chi connectivity index (χ4v) is 4.11. The standard InChI is InChI=1S/C29H41N3O2/c1-21(2)23-16-15-22(3)20-26(23)34-19-18-32-25-13-10-9-12-24(25)31-27(32)14-8-7-11-17-30-28(33)29(4,5)6/h9-10,12-13,15-16,20-21H,7-8,11,14,17-19H2,1-6H3,(H,30,33). The van der Waals surface area contributed by atoms with Crippen molar-refractivity contribution in [2.75, 3.05) is 13.2 Å². The number of hydrogen-bond donors (Lipinski definition) is 1. The topological polar surface area (TPSA) is 56.1 Å². The highest BCUT2D eigenvalue weighted by atomic mass is 16.5. The Bertz CT molecular complexity index is 1090. The van der Waals surface area contributed by atoms with E-state index in [1.165, 1.54) is 11.1 Å². The number of ether oxygens (including phenoxy) is 1. The summed E-state index contributed by atoms with van der Waals surface area (Å²) in [4.78, 5) is 16.9. The summed E-state index contributed by atoms with van der Waals surface area (Å²) in [6.45, 7) is 14.4. The second-order valence-electron chi connectivity index (χ2n) is 10.5. The van der Waals surface area contributed by atoms with Crippen LogP contribution in [-0.2, 0) is 17.8 Å². The van der Waals surface area contributed by atoms with Crippen molar-refractivity contribution in [3.8, 4) is 5.75 Å². The summed E-state index contributed by atoms with van der Waals surface area (Å²) in [6, 6.07) is 14.8. The van der Waals surface area contributed by atoms with Crippen molar-refractivity contribution in [3.63, 3.8) is 0 Å². The highest BCUT2D eigenvalue weighted by Crippen LogP contribution is 2.28. The van der Waals surface area contributed by atoms with Gasteiger partial charge in [-0.15, -0.1) is 0 Å². The van der Waals surface area contributed by atoms with Crippen molar-refractivity contribution in [1.29, 1.82) is 0 Å². The lowest BCUT2D eigenvalue weighted by molar-refractivity contribution is -0.128. The molecule has 3 rings (SSSR count). The van der Waals surface area contributed by atoms with Gasteiger partial charge in [0.05, 0.1) is 17.6 Å². The summed E-state index contributed by atoms with van der Waals surface area (Å²) in [6.07, 6.45) is 4.01. The van der Waals surface area contributed by atoms with E-state index >= 15 is 0 Å². The molecule has 0 saturated carbocycles. The summed E-state index contributed by atoms with van der Waals surface area (Å²) >= 11 is 0. The number of imidazole rings is 1. The van der Waals surface area contributed by atoms with Crippen LogP contribution < -0.4 is 10.1 Å². The third-order valence-electron chi connectivity index (χ3n) is 6.14. The minimum atomic E-state index is -0.332. The quantitative estimate of drug-likeness (QED) is 0.334. The van der Waals surface area contributed by atoms with Gasteiger partial charge >= 0.3 is 0 Å². The maximum absolute atomic E-state index is 12.0. The molecule has 1 N–H and O–H groups in total. The van der Waals surface area contributed by atoms with Crippen LogP contribution in [-0.4, -0.2) is 28.6 Å². The number of unbranched alkanes of at least 4 members (excludes halogenated alkanes) is 2. The van der Waals surface area contributed by atoms with Crippen molar-refractivity contribution < 1.29 is 9.53 Å². The van der Waals surface area contributed by atoms with Gasteiger partial charge in [0.1, 0.15) is 18.2 Å². The summed E-state index contributed by atoms with van der Waals surface area (Å²) < 4.78 is 8.58. The zero-order chi connectivity index (χ0) is 24.7. The van der Waals surface area contributed by atoms with Crippen LogP contribution in [0.5, 0.6) is 5.75 Å². The number of carbonyl (C=O) groups is 1. The number of amides is 1. The Morgan fingerprint density at radius 1 is 1.09 bits per heavy atom. The second kappa shape index (κ2) is 11.5. The second-order valence-corrected chi connectivity index (χ2v) is 10.5. The van der Waals surface area contributed by atoms with Crippen LogP contribution in [0.4, 0.5) is 0 Å². The van der Waals surface area contributed by atoms with Crippen LogP contribution in [0.3, 0.4) is 0 Å². The van der Waals surface area contributed by atoms with Gasteiger partial charge in [-0.1, -0.05) is 65.3 Å². The Kier molecular flexibility index (Phi) is 8.76. The molecule has 0 spiro atoms. The molecule has 34 heavy (non-hydrogen) atoms. The van der Waals surface area contributed by atoms with E-state index in [2.05, 4.69) is 67.1 Å². The lowest BCUT2D eigenvalue weighted by Crippen LogP contribution is -2.35. The monoisotopic (exact) mass is 463 g/mol. The molecule has 1 heterocycles. The zero-order valence-electron chi connectivity index (χ0n) is 21.8. The number of carbonyl (C=O) groups excluding carboxylic acids is 1. The van der Waals surface area contributed by atoms with Gasteiger partial charge in [-0.25, -0.2) is 4.98 Å². The van der Waals surface area contributed by atoms with E-state index in [1.807, 2.05) is 26.8 Å². The number of nitrogens with one attached hydrogen (secondary N) is 1. The Morgan fingerprint density at radius 3 is 2.59 bits per heavy atom. The molecule has 0 aliphatic rings. The molecule has 3 aromatic rings. The van der Waals surface area contributed by atoms with Gasteiger partial charge in [0.25, 0.3) is 0 Å². The average molecular weight is 464 g/mol. The SMILES string of the molecule is Cc1ccc(C(C)C)c(OCCn2c(CCCCCNC(=O)C(C)(C)C)nc3ccccc32)c1. The molecular weight excluding hydrogens is 422 g/mol. The molecule has 0 bridgehead atoms. The number of benzene rings is 2. The largest absolute Gasteiger partial charge is 0.491 e. The van der Waals surface area contributed by atoms with E-state index in [4.69, 9.17) is 9.72 Å². The molecule has 0 saturated heterocycles. The van der Waals surface area contributed by atoms with Crippen LogP contribution in [0.2, 0.25) is 0 Å². The summed E-state index contributed by atoms with van der Waals surface area (Å²) in [5.74, 6) is 2.63. The van der Waals surface area contributed by atoms with Crippen LogP contribution >= 0.6 is 0 Å². The molecule has 0 unspecified atom stereocenters. The lowest BCUT2D eigenvalue weighted by Gasteiger charge is -2.17. The van der Waals surface area contributed by atoms with Crippen molar-refractivity contribution in [2.45, 2.75) is 79.7 Å². The van der Waals surface area contributed by atoms with Gasteiger partial charge < -0.3 is 14.6 Å². The fourth-order valence-electron chi connectivity index (χ4n) is 4.11. The number of aryl methyl sites for hydroxylation is 2. The highest BCUT2D eigenvalue weighted by Gasteiger charge is 2.20. The maximum Gasteiger partial charge on any atom is 0.225 e. The summed E-state index contributed by atoms with van der Waals surface area (Å²) in [5, 5.41) is 3.04. The minimum absolute atomic E-state index is 0.114. The van der Waals surface area contributed by atoms with Crippen LogP contribution in [0.25, 0.3) is 11.0 Å². The highest BCUT2D eigenvalue weighted by molar-refractivity contribution is 5.81. The summed E-state index contributed by atoms with van der Waals surface area (Å²) in [7, 11) is 0. The molecule has 0 aliphatic heterocycles. The molecule has 5 nitrogen and oxygen atoms in total.